The molecule has 124 valence electrons. The molecule has 1 aromatic rings. The number of carbonyl (C=O) groups excluding carboxylic acids is 1. The number of ether oxygens (including phenoxy) is 4. The Labute approximate surface area is 130 Å². The molecule has 0 saturated carbocycles. The van der Waals surface area contributed by atoms with Crippen molar-refractivity contribution in [1.82, 2.24) is 5.32 Å². The molecule has 0 radical (unpaired) electrons. The standard InChI is InChI=1S/C15H24N2O5/c1-5-22-14-12(20-3)6-10(7-13(14)21-4)8-17-15(18)11(16)9-19-2/h6-7,11H,5,8-9,16H2,1-4H3,(H,17,18). The van der Waals surface area contributed by atoms with E-state index in [4.69, 9.17) is 24.7 Å². The lowest BCUT2D eigenvalue weighted by Gasteiger charge is -2.16. The first-order valence-electron chi connectivity index (χ1n) is 6.97. The number of carbonyl (C=O) groups is 1. The summed E-state index contributed by atoms with van der Waals surface area (Å²) >= 11 is 0. The van der Waals surface area contributed by atoms with Gasteiger partial charge in [0.1, 0.15) is 6.04 Å². The Morgan fingerprint density at radius 1 is 1.23 bits per heavy atom. The van der Waals surface area contributed by atoms with Crippen molar-refractivity contribution in [3.8, 4) is 17.2 Å². The van der Waals surface area contributed by atoms with Gasteiger partial charge in [-0.2, -0.15) is 0 Å². The molecule has 0 aromatic heterocycles. The van der Waals surface area contributed by atoms with Gasteiger partial charge in [-0.3, -0.25) is 4.79 Å². The molecule has 3 N–H and O–H groups in total. The van der Waals surface area contributed by atoms with Gasteiger partial charge in [0, 0.05) is 13.7 Å². The highest BCUT2D eigenvalue weighted by Crippen LogP contribution is 2.38. The van der Waals surface area contributed by atoms with Crippen LogP contribution in [0.25, 0.3) is 0 Å². The molecule has 0 aliphatic rings. The van der Waals surface area contributed by atoms with Gasteiger partial charge in [0.25, 0.3) is 0 Å². The molecule has 1 aromatic carbocycles. The molecule has 0 fully saturated rings. The summed E-state index contributed by atoms with van der Waals surface area (Å²) in [5, 5.41) is 2.74. The summed E-state index contributed by atoms with van der Waals surface area (Å²) in [6, 6.07) is 2.88. The van der Waals surface area contributed by atoms with Gasteiger partial charge in [-0.05, 0) is 24.6 Å². The van der Waals surface area contributed by atoms with Crippen LogP contribution in [0, 0.1) is 0 Å². The van der Waals surface area contributed by atoms with E-state index in [1.165, 1.54) is 7.11 Å². The zero-order chi connectivity index (χ0) is 16.5. The van der Waals surface area contributed by atoms with Crippen LogP contribution in [0.2, 0.25) is 0 Å². The summed E-state index contributed by atoms with van der Waals surface area (Å²) in [4.78, 5) is 11.8. The molecule has 0 aliphatic heterocycles. The van der Waals surface area contributed by atoms with Crippen molar-refractivity contribution in [2.75, 3.05) is 34.5 Å². The summed E-state index contributed by atoms with van der Waals surface area (Å²) in [5.74, 6) is 1.35. The maximum atomic E-state index is 11.8. The van der Waals surface area contributed by atoms with Crippen LogP contribution in [0.5, 0.6) is 17.2 Å². The van der Waals surface area contributed by atoms with Crippen LogP contribution < -0.4 is 25.3 Å². The SMILES string of the molecule is CCOc1c(OC)cc(CNC(=O)C(N)COC)cc1OC. The van der Waals surface area contributed by atoms with Crippen molar-refractivity contribution >= 4 is 5.91 Å². The average Bonchev–Trinajstić information content (AvgIpc) is 2.53. The summed E-state index contributed by atoms with van der Waals surface area (Å²) in [6.07, 6.45) is 0. The quantitative estimate of drug-likeness (QED) is 0.697. The number of hydrogen-bond acceptors (Lipinski definition) is 6. The molecule has 0 heterocycles. The molecule has 1 atom stereocenters. The van der Waals surface area contributed by atoms with Gasteiger partial charge in [-0.15, -0.1) is 0 Å². The Morgan fingerprint density at radius 3 is 2.27 bits per heavy atom. The van der Waals surface area contributed by atoms with E-state index in [-0.39, 0.29) is 12.5 Å². The maximum absolute atomic E-state index is 11.8. The molecular formula is C15H24N2O5. The molecule has 22 heavy (non-hydrogen) atoms. The number of methoxy groups -OCH3 is 3. The molecule has 0 saturated heterocycles. The lowest BCUT2D eigenvalue weighted by atomic mass is 10.1. The average molecular weight is 312 g/mol. The zero-order valence-electron chi connectivity index (χ0n) is 13.5. The highest BCUT2D eigenvalue weighted by molar-refractivity contribution is 5.81. The molecule has 0 aliphatic carbocycles. The van der Waals surface area contributed by atoms with E-state index < -0.39 is 6.04 Å². The predicted molar refractivity (Wildman–Crippen MR) is 82.4 cm³/mol. The van der Waals surface area contributed by atoms with Gasteiger partial charge in [0.2, 0.25) is 11.7 Å². The number of nitrogens with one attached hydrogen (secondary N) is 1. The maximum Gasteiger partial charge on any atom is 0.239 e. The minimum absolute atomic E-state index is 0.168. The number of amides is 1. The van der Waals surface area contributed by atoms with Gasteiger partial charge in [0.15, 0.2) is 11.5 Å². The largest absolute Gasteiger partial charge is 0.493 e. The second-order valence-corrected chi connectivity index (χ2v) is 4.54. The van der Waals surface area contributed by atoms with Crippen molar-refractivity contribution in [3.63, 3.8) is 0 Å². The van der Waals surface area contributed by atoms with E-state index in [2.05, 4.69) is 5.32 Å². The van der Waals surface area contributed by atoms with E-state index in [1.54, 1.807) is 26.4 Å². The normalized spacial score (nSPS) is 11.7. The zero-order valence-corrected chi connectivity index (χ0v) is 13.5. The molecule has 7 nitrogen and oxygen atoms in total. The molecule has 0 spiro atoms. The van der Waals surface area contributed by atoms with E-state index in [0.717, 1.165) is 5.56 Å². The predicted octanol–water partition coefficient (Wildman–Crippen LogP) is 0.692. The summed E-state index contributed by atoms with van der Waals surface area (Å²) < 4.78 is 21.0. The van der Waals surface area contributed by atoms with Crippen molar-refractivity contribution in [2.24, 2.45) is 5.73 Å². The molecular weight excluding hydrogens is 288 g/mol. The fourth-order valence-electron chi connectivity index (χ4n) is 1.90. The fourth-order valence-corrected chi connectivity index (χ4v) is 1.90. The van der Waals surface area contributed by atoms with Gasteiger partial charge >= 0.3 is 0 Å². The molecule has 1 rings (SSSR count). The molecule has 1 unspecified atom stereocenters. The minimum atomic E-state index is -0.698. The lowest BCUT2D eigenvalue weighted by molar-refractivity contribution is -0.123. The molecule has 1 amide bonds. The second kappa shape index (κ2) is 9.11. The number of benzene rings is 1. The van der Waals surface area contributed by atoms with Crippen LogP contribution in [0.3, 0.4) is 0 Å². The van der Waals surface area contributed by atoms with E-state index in [1.807, 2.05) is 6.92 Å². The Morgan fingerprint density at radius 2 is 1.82 bits per heavy atom. The van der Waals surface area contributed by atoms with Crippen LogP contribution in [-0.2, 0) is 16.1 Å². The van der Waals surface area contributed by atoms with Crippen LogP contribution in [0.15, 0.2) is 12.1 Å². The monoisotopic (exact) mass is 312 g/mol. The van der Waals surface area contributed by atoms with E-state index in [9.17, 15) is 4.79 Å². The third kappa shape index (κ3) is 4.78. The molecule has 0 bridgehead atoms. The molecule has 7 heteroatoms. The van der Waals surface area contributed by atoms with Gasteiger partial charge in [-0.25, -0.2) is 0 Å². The highest BCUT2D eigenvalue weighted by atomic mass is 16.5. The van der Waals surface area contributed by atoms with E-state index in [0.29, 0.717) is 30.4 Å². The first-order valence-corrected chi connectivity index (χ1v) is 6.97. The smallest absolute Gasteiger partial charge is 0.239 e. The Hall–Kier alpha value is -1.99. The topological polar surface area (TPSA) is 92.0 Å². The van der Waals surface area contributed by atoms with Crippen LogP contribution in [0.4, 0.5) is 0 Å². The minimum Gasteiger partial charge on any atom is -0.493 e. The number of rotatable bonds is 9. The summed E-state index contributed by atoms with van der Waals surface area (Å²) in [6.45, 7) is 2.84. The third-order valence-corrected chi connectivity index (χ3v) is 2.96. The van der Waals surface area contributed by atoms with Gasteiger partial charge in [0.05, 0.1) is 27.4 Å². The van der Waals surface area contributed by atoms with Crippen LogP contribution in [0.1, 0.15) is 12.5 Å². The lowest BCUT2D eigenvalue weighted by Crippen LogP contribution is -2.43. The third-order valence-electron chi connectivity index (χ3n) is 2.96. The first-order chi connectivity index (χ1) is 10.6. The Balaban J connectivity index is 2.85. The van der Waals surface area contributed by atoms with Crippen molar-refractivity contribution in [3.05, 3.63) is 17.7 Å². The van der Waals surface area contributed by atoms with Crippen molar-refractivity contribution < 1.29 is 23.7 Å². The summed E-state index contributed by atoms with van der Waals surface area (Å²) in [7, 11) is 4.59. The number of hydrogen-bond donors (Lipinski definition) is 2. The van der Waals surface area contributed by atoms with Crippen LogP contribution in [-0.4, -0.2) is 46.5 Å². The number of nitrogens with two attached hydrogens (primary N) is 1. The highest BCUT2D eigenvalue weighted by Gasteiger charge is 2.16. The fraction of sp³-hybridized carbons (Fsp3) is 0.533. The second-order valence-electron chi connectivity index (χ2n) is 4.54. The summed E-state index contributed by atoms with van der Waals surface area (Å²) in [5.41, 5.74) is 6.48. The van der Waals surface area contributed by atoms with Gasteiger partial charge < -0.3 is 30.0 Å². The first kappa shape index (κ1) is 18.1. The van der Waals surface area contributed by atoms with E-state index >= 15 is 0 Å². The Kier molecular flexibility index (Phi) is 7.48. The van der Waals surface area contributed by atoms with Crippen LogP contribution >= 0.6 is 0 Å². The Bertz CT molecular complexity index is 468. The van der Waals surface area contributed by atoms with Crippen molar-refractivity contribution in [2.45, 2.75) is 19.5 Å². The van der Waals surface area contributed by atoms with Gasteiger partial charge in [-0.1, -0.05) is 0 Å². The van der Waals surface area contributed by atoms with Crippen molar-refractivity contribution in [1.29, 1.82) is 0 Å².